The van der Waals surface area contributed by atoms with Gasteiger partial charge in [0, 0.05) is 6.54 Å². The van der Waals surface area contributed by atoms with Crippen LogP contribution < -0.4 is 4.74 Å². The van der Waals surface area contributed by atoms with Crippen molar-refractivity contribution in [3.05, 3.63) is 28.8 Å². The lowest BCUT2D eigenvalue weighted by atomic mass is 10.2. The maximum Gasteiger partial charge on any atom is 0.339 e. The average Bonchev–Trinajstić information content (AvgIpc) is 2.84. The molecular weight excluding hydrogens is 254 g/mol. The Morgan fingerprint density at radius 3 is 2.78 bits per heavy atom. The van der Waals surface area contributed by atoms with E-state index in [1.54, 1.807) is 12.1 Å². The first-order valence-electron chi connectivity index (χ1n) is 6.05. The Hall–Kier alpha value is -1.26. The van der Waals surface area contributed by atoms with Crippen LogP contribution in [0.2, 0.25) is 5.02 Å². The molecule has 0 atom stereocenters. The summed E-state index contributed by atoms with van der Waals surface area (Å²) in [4.78, 5) is 13.3. The molecular formula is C13H16ClNO3. The Kier molecular flexibility index (Phi) is 4.44. The highest BCUT2D eigenvalue weighted by Gasteiger charge is 2.16. The minimum atomic E-state index is -1.02. The molecule has 98 valence electrons. The molecule has 0 bridgehead atoms. The number of ether oxygens (including phenoxy) is 1. The van der Waals surface area contributed by atoms with Crippen molar-refractivity contribution in [1.82, 2.24) is 4.90 Å². The molecule has 0 saturated carbocycles. The Bertz CT molecular complexity index is 430. The highest BCUT2D eigenvalue weighted by atomic mass is 35.5. The van der Waals surface area contributed by atoms with E-state index in [0.29, 0.717) is 11.6 Å². The molecule has 1 fully saturated rings. The predicted octanol–water partition coefficient (Wildman–Crippen LogP) is 2.51. The second kappa shape index (κ2) is 6.07. The molecule has 1 N–H and O–H groups in total. The van der Waals surface area contributed by atoms with Crippen molar-refractivity contribution in [3.8, 4) is 5.75 Å². The lowest BCUT2D eigenvalue weighted by Crippen LogP contribution is -2.25. The van der Waals surface area contributed by atoms with Gasteiger partial charge in [0.1, 0.15) is 12.2 Å². The number of aromatic carboxylic acids is 1. The number of benzene rings is 1. The van der Waals surface area contributed by atoms with E-state index >= 15 is 0 Å². The standard InChI is InChI=1S/C13H16ClNO3/c14-11-5-3-4-10(13(16)17)12(11)18-9-8-15-6-1-2-7-15/h3-5H,1-2,6-9H2,(H,16,17). The van der Waals surface area contributed by atoms with Crippen molar-refractivity contribution in [2.45, 2.75) is 12.8 Å². The monoisotopic (exact) mass is 269 g/mol. The fourth-order valence-corrected chi connectivity index (χ4v) is 2.34. The fraction of sp³-hybridized carbons (Fsp3) is 0.462. The van der Waals surface area contributed by atoms with Gasteiger partial charge in [0.15, 0.2) is 5.75 Å². The zero-order valence-corrected chi connectivity index (χ0v) is 10.8. The van der Waals surface area contributed by atoms with Gasteiger partial charge in [-0.2, -0.15) is 0 Å². The molecule has 1 heterocycles. The van der Waals surface area contributed by atoms with Crippen LogP contribution in [-0.2, 0) is 0 Å². The fourth-order valence-electron chi connectivity index (χ4n) is 2.11. The minimum Gasteiger partial charge on any atom is -0.490 e. The smallest absolute Gasteiger partial charge is 0.339 e. The lowest BCUT2D eigenvalue weighted by molar-refractivity contribution is 0.0691. The minimum absolute atomic E-state index is 0.115. The first kappa shape index (κ1) is 13.2. The van der Waals surface area contributed by atoms with Crippen LogP contribution in [0.15, 0.2) is 18.2 Å². The van der Waals surface area contributed by atoms with Crippen molar-refractivity contribution in [3.63, 3.8) is 0 Å². The summed E-state index contributed by atoms with van der Waals surface area (Å²) in [6, 6.07) is 4.75. The molecule has 2 rings (SSSR count). The molecule has 1 aliphatic rings. The number of hydrogen-bond donors (Lipinski definition) is 1. The number of carboxylic acids is 1. The zero-order valence-electron chi connectivity index (χ0n) is 10.1. The number of para-hydroxylation sites is 1. The summed E-state index contributed by atoms with van der Waals surface area (Å²) in [6.45, 7) is 3.46. The van der Waals surface area contributed by atoms with Gasteiger partial charge in [-0.1, -0.05) is 17.7 Å². The van der Waals surface area contributed by atoms with Crippen LogP contribution in [0.4, 0.5) is 0 Å². The molecule has 4 nitrogen and oxygen atoms in total. The van der Waals surface area contributed by atoms with Crippen LogP contribution in [0.25, 0.3) is 0 Å². The van der Waals surface area contributed by atoms with Gasteiger partial charge in [-0.15, -0.1) is 0 Å². The number of carboxylic acid groups (broad SMARTS) is 1. The Morgan fingerprint density at radius 2 is 2.11 bits per heavy atom. The van der Waals surface area contributed by atoms with Crippen LogP contribution in [-0.4, -0.2) is 42.2 Å². The molecule has 0 radical (unpaired) electrons. The molecule has 0 aliphatic carbocycles. The number of rotatable bonds is 5. The van der Waals surface area contributed by atoms with Crippen molar-refractivity contribution >= 4 is 17.6 Å². The van der Waals surface area contributed by atoms with E-state index in [2.05, 4.69) is 4.90 Å². The van der Waals surface area contributed by atoms with E-state index in [9.17, 15) is 4.79 Å². The Labute approximate surface area is 111 Å². The summed E-state index contributed by atoms with van der Waals surface area (Å²) < 4.78 is 5.54. The third-order valence-electron chi connectivity index (χ3n) is 3.05. The number of carbonyl (C=O) groups is 1. The van der Waals surface area contributed by atoms with Gasteiger partial charge in [-0.05, 0) is 38.1 Å². The summed E-state index contributed by atoms with van der Waals surface area (Å²) in [5.41, 5.74) is 0.115. The third kappa shape index (κ3) is 3.15. The van der Waals surface area contributed by atoms with Crippen LogP contribution in [0.1, 0.15) is 23.2 Å². The SMILES string of the molecule is O=C(O)c1cccc(Cl)c1OCCN1CCCC1. The topological polar surface area (TPSA) is 49.8 Å². The molecule has 0 amide bonds. The predicted molar refractivity (Wildman–Crippen MR) is 69.6 cm³/mol. The normalized spacial score (nSPS) is 15.8. The number of nitrogens with zero attached hydrogens (tertiary/aromatic N) is 1. The molecule has 0 aromatic heterocycles. The highest BCUT2D eigenvalue weighted by Crippen LogP contribution is 2.28. The van der Waals surface area contributed by atoms with Gasteiger partial charge in [-0.25, -0.2) is 4.79 Å². The Morgan fingerprint density at radius 1 is 1.39 bits per heavy atom. The summed E-state index contributed by atoms with van der Waals surface area (Å²) in [6.07, 6.45) is 2.46. The van der Waals surface area contributed by atoms with Crippen LogP contribution in [0.5, 0.6) is 5.75 Å². The quantitative estimate of drug-likeness (QED) is 0.892. The number of hydrogen-bond acceptors (Lipinski definition) is 3. The van der Waals surface area contributed by atoms with Crippen molar-refractivity contribution in [1.29, 1.82) is 0 Å². The van der Waals surface area contributed by atoms with Gasteiger partial charge in [0.2, 0.25) is 0 Å². The summed E-state index contributed by atoms with van der Waals surface area (Å²) in [5.74, 6) is -0.750. The molecule has 1 saturated heterocycles. The van der Waals surface area contributed by atoms with E-state index in [-0.39, 0.29) is 11.3 Å². The molecule has 18 heavy (non-hydrogen) atoms. The lowest BCUT2D eigenvalue weighted by Gasteiger charge is -2.16. The number of likely N-dealkylation sites (tertiary alicyclic amines) is 1. The van der Waals surface area contributed by atoms with Gasteiger partial charge >= 0.3 is 5.97 Å². The van der Waals surface area contributed by atoms with E-state index in [1.807, 2.05) is 0 Å². The molecule has 1 aliphatic heterocycles. The van der Waals surface area contributed by atoms with E-state index < -0.39 is 5.97 Å². The average molecular weight is 270 g/mol. The second-order valence-electron chi connectivity index (χ2n) is 4.32. The molecule has 0 unspecified atom stereocenters. The largest absolute Gasteiger partial charge is 0.490 e. The van der Waals surface area contributed by atoms with Gasteiger partial charge < -0.3 is 9.84 Å². The highest BCUT2D eigenvalue weighted by molar-refractivity contribution is 6.32. The van der Waals surface area contributed by atoms with Crippen molar-refractivity contribution in [2.24, 2.45) is 0 Å². The van der Waals surface area contributed by atoms with Gasteiger partial charge in [0.05, 0.1) is 5.02 Å². The van der Waals surface area contributed by atoms with Crippen LogP contribution in [0, 0.1) is 0 Å². The molecule has 5 heteroatoms. The maximum absolute atomic E-state index is 11.0. The molecule has 0 spiro atoms. The second-order valence-corrected chi connectivity index (χ2v) is 4.73. The van der Waals surface area contributed by atoms with Gasteiger partial charge in [0.25, 0.3) is 0 Å². The van der Waals surface area contributed by atoms with Crippen LogP contribution in [0.3, 0.4) is 0 Å². The third-order valence-corrected chi connectivity index (χ3v) is 3.35. The van der Waals surface area contributed by atoms with E-state index in [0.717, 1.165) is 19.6 Å². The summed E-state index contributed by atoms with van der Waals surface area (Å²) in [7, 11) is 0. The zero-order chi connectivity index (χ0) is 13.0. The molecule has 1 aromatic carbocycles. The van der Waals surface area contributed by atoms with Gasteiger partial charge in [-0.3, -0.25) is 4.90 Å². The van der Waals surface area contributed by atoms with Crippen molar-refractivity contribution < 1.29 is 14.6 Å². The molecule has 1 aromatic rings. The number of halogens is 1. The van der Waals surface area contributed by atoms with E-state index in [4.69, 9.17) is 21.4 Å². The first-order valence-corrected chi connectivity index (χ1v) is 6.43. The summed E-state index contributed by atoms with van der Waals surface area (Å²) in [5, 5.41) is 9.40. The maximum atomic E-state index is 11.0. The Balaban J connectivity index is 1.97. The van der Waals surface area contributed by atoms with Crippen LogP contribution >= 0.6 is 11.6 Å². The van der Waals surface area contributed by atoms with E-state index in [1.165, 1.54) is 18.9 Å². The first-order chi connectivity index (χ1) is 8.68. The van der Waals surface area contributed by atoms with Crippen molar-refractivity contribution in [2.75, 3.05) is 26.2 Å². The summed E-state index contributed by atoms with van der Waals surface area (Å²) >= 11 is 5.97.